The molecular weight excluding hydrogens is 351 g/mol. The number of hydrogen-bond donors (Lipinski definition) is 1. The summed E-state index contributed by atoms with van der Waals surface area (Å²) in [6.45, 7) is 0.716. The molecule has 0 unspecified atom stereocenters. The van der Waals surface area contributed by atoms with Crippen molar-refractivity contribution in [3.8, 4) is 5.69 Å². The first-order chi connectivity index (χ1) is 13.1. The van der Waals surface area contributed by atoms with E-state index in [1.807, 2.05) is 0 Å². The van der Waals surface area contributed by atoms with Gasteiger partial charge in [0.2, 0.25) is 0 Å². The number of aromatic nitrogens is 2. The number of anilines is 2. The summed E-state index contributed by atoms with van der Waals surface area (Å²) in [5.41, 5.74) is 1.53. The fraction of sp³-hybridized carbons (Fsp3) is 0.105. The minimum atomic E-state index is -0.455. The number of halogens is 1. The zero-order valence-electron chi connectivity index (χ0n) is 14.1. The highest BCUT2D eigenvalue weighted by Crippen LogP contribution is 2.28. The van der Waals surface area contributed by atoms with E-state index in [1.165, 1.54) is 28.0 Å². The van der Waals surface area contributed by atoms with E-state index in [0.717, 1.165) is 0 Å². The lowest BCUT2D eigenvalue weighted by Gasteiger charge is -2.17. The molecule has 1 N–H and O–H groups in total. The Bertz CT molecular complexity index is 1020. The molecule has 0 atom stereocenters. The molecule has 1 aliphatic rings. The Hall–Kier alpha value is -3.68. The van der Waals surface area contributed by atoms with Gasteiger partial charge in [-0.1, -0.05) is 24.3 Å². The smallest absolute Gasteiger partial charge is 0.414 e. The second kappa shape index (κ2) is 6.91. The normalized spacial score (nSPS) is 13.5. The SMILES string of the molecule is O=C(Nc1ccccc1N1CCOC1=O)c1cnn(-c2ccccc2F)c1. The Balaban J connectivity index is 1.57. The van der Waals surface area contributed by atoms with Crippen LogP contribution in [0.3, 0.4) is 0 Å². The van der Waals surface area contributed by atoms with Crippen LogP contribution in [0.1, 0.15) is 10.4 Å². The molecule has 4 rings (SSSR count). The van der Waals surface area contributed by atoms with Gasteiger partial charge < -0.3 is 10.1 Å². The van der Waals surface area contributed by atoms with E-state index in [2.05, 4.69) is 10.4 Å². The molecule has 136 valence electrons. The molecule has 2 heterocycles. The summed E-state index contributed by atoms with van der Waals surface area (Å²) in [5, 5.41) is 6.82. The second-order valence-corrected chi connectivity index (χ2v) is 5.86. The number of hydrogen-bond acceptors (Lipinski definition) is 4. The van der Waals surface area contributed by atoms with Crippen LogP contribution in [-0.4, -0.2) is 34.9 Å². The van der Waals surface area contributed by atoms with E-state index in [4.69, 9.17) is 4.74 Å². The highest BCUT2D eigenvalue weighted by Gasteiger charge is 2.26. The van der Waals surface area contributed by atoms with Gasteiger partial charge in [-0.15, -0.1) is 0 Å². The maximum absolute atomic E-state index is 13.9. The average molecular weight is 366 g/mol. The molecule has 1 aromatic heterocycles. The predicted octanol–water partition coefficient (Wildman–Crippen LogP) is 3.22. The number of cyclic esters (lactones) is 1. The van der Waals surface area contributed by atoms with Crippen molar-refractivity contribution in [2.75, 3.05) is 23.4 Å². The summed E-state index contributed by atoms with van der Waals surface area (Å²) < 4.78 is 20.1. The molecule has 0 aliphatic carbocycles. The fourth-order valence-corrected chi connectivity index (χ4v) is 2.83. The summed E-state index contributed by atoms with van der Waals surface area (Å²) in [4.78, 5) is 25.9. The number of carbonyl (C=O) groups excluding carboxylic acids is 2. The molecule has 3 aromatic rings. The summed E-state index contributed by atoms with van der Waals surface area (Å²) in [6, 6.07) is 13.1. The van der Waals surface area contributed by atoms with E-state index in [9.17, 15) is 14.0 Å². The average Bonchev–Trinajstić information content (AvgIpc) is 3.32. The van der Waals surface area contributed by atoms with Crippen LogP contribution < -0.4 is 10.2 Å². The Morgan fingerprint density at radius 2 is 1.85 bits per heavy atom. The Kier molecular flexibility index (Phi) is 4.29. The lowest BCUT2D eigenvalue weighted by molar-refractivity contribution is 0.102. The molecule has 2 aromatic carbocycles. The molecule has 1 aliphatic heterocycles. The Morgan fingerprint density at radius 1 is 1.11 bits per heavy atom. The number of carbonyl (C=O) groups is 2. The van der Waals surface area contributed by atoms with Crippen molar-refractivity contribution in [3.63, 3.8) is 0 Å². The third-order valence-electron chi connectivity index (χ3n) is 4.15. The summed E-state index contributed by atoms with van der Waals surface area (Å²) in [5.74, 6) is -0.858. The van der Waals surface area contributed by atoms with Gasteiger partial charge in [-0.25, -0.2) is 13.9 Å². The number of para-hydroxylation sites is 3. The Labute approximate surface area is 154 Å². The predicted molar refractivity (Wildman–Crippen MR) is 96.6 cm³/mol. The van der Waals surface area contributed by atoms with E-state index in [1.54, 1.807) is 42.5 Å². The minimum absolute atomic E-state index is 0.247. The minimum Gasteiger partial charge on any atom is -0.447 e. The molecule has 1 fully saturated rings. The van der Waals surface area contributed by atoms with E-state index in [-0.39, 0.29) is 11.3 Å². The third kappa shape index (κ3) is 3.24. The van der Waals surface area contributed by atoms with Crippen LogP contribution in [0.5, 0.6) is 0 Å². The molecule has 0 spiro atoms. The maximum atomic E-state index is 13.9. The molecule has 27 heavy (non-hydrogen) atoms. The summed E-state index contributed by atoms with van der Waals surface area (Å²) >= 11 is 0. The van der Waals surface area contributed by atoms with Crippen molar-refractivity contribution >= 4 is 23.4 Å². The number of rotatable bonds is 4. The van der Waals surface area contributed by atoms with Crippen LogP contribution in [-0.2, 0) is 4.74 Å². The van der Waals surface area contributed by atoms with Crippen molar-refractivity contribution in [2.24, 2.45) is 0 Å². The van der Waals surface area contributed by atoms with Crippen molar-refractivity contribution < 1.29 is 18.7 Å². The topological polar surface area (TPSA) is 76.5 Å². The second-order valence-electron chi connectivity index (χ2n) is 5.86. The third-order valence-corrected chi connectivity index (χ3v) is 4.15. The van der Waals surface area contributed by atoms with Gasteiger partial charge >= 0.3 is 6.09 Å². The van der Waals surface area contributed by atoms with Crippen LogP contribution in [0.15, 0.2) is 60.9 Å². The van der Waals surface area contributed by atoms with Crippen LogP contribution in [0.25, 0.3) is 5.69 Å². The van der Waals surface area contributed by atoms with Gasteiger partial charge in [-0.05, 0) is 24.3 Å². The van der Waals surface area contributed by atoms with Crippen molar-refractivity contribution in [2.45, 2.75) is 0 Å². The molecule has 0 bridgehead atoms. The van der Waals surface area contributed by atoms with Crippen molar-refractivity contribution in [1.29, 1.82) is 0 Å². The molecule has 2 amide bonds. The van der Waals surface area contributed by atoms with Crippen LogP contribution in [0.4, 0.5) is 20.6 Å². The number of ether oxygens (including phenoxy) is 1. The van der Waals surface area contributed by atoms with E-state index >= 15 is 0 Å². The van der Waals surface area contributed by atoms with Crippen molar-refractivity contribution in [1.82, 2.24) is 9.78 Å². The lowest BCUT2D eigenvalue weighted by Crippen LogP contribution is -2.25. The molecule has 8 heteroatoms. The van der Waals surface area contributed by atoms with Crippen LogP contribution in [0.2, 0.25) is 0 Å². The van der Waals surface area contributed by atoms with Gasteiger partial charge in [0.25, 0.3) is 5.91 Å². The first-order valence-electron chi connectivity index (χ1n) is 8.28. The summed E-state index contributed by atoms with van der Waals surface area (Å²) in [7, 11) is 0. The van der Waals surface area contributed by atoms with Gasteiger partial charge in [0.1, 0.15) is 18.1 Å². The van der Waals surface area contributed by atoms with Gasteiger partial charge in [0, 0.05) is 6.20 Å². The largest absolute Gasteiger partial charge is 0.447 e. The number of nitrogens with zero attached hydrogens (tertiary/aromatic N) is 3. The number of amides is 2. The highest BCUT2D eigenvalue weighted by molar-refractivity contribution is 6.07. The molecule has 0 saturated carbocycles. The molecule has 1 saturated heterocycles. The van der Waals surface area contributed by atoms with Gasteiger partial charge in [0.15, 0.2) is 0 Å². The molecular formula is C19H15FN4O3. The summed E-state index contributed by atoms with van der Waals surface area (Å²) in [6.07, 6.45) is 2.35. The van der Waals surface area contributed by atoms with Gasteiger partial charge in [-0.2, -0.15) is 5.10 Å². The maximum Gasteiger partial charge on any atom is 0.414 e. The van der Waals surface area contributed by atoms with E-state index in [0.29, 0.717) is 24.5 Å². The number of nitrogens with one attached hydrogen (secondary N) is 1. The Morgan fingerprint density at radius 3 is 2.59 bits per heavy atom. The standard InChI is InChI=1S/C19H15FN4O3/c20-14-5-1-3-7-16(14)24-12-13(11-21-24)18(25)22-15-6-2-4-8-17(15)23-9-10-27-19(23)26/h1-8,11-12H,9-10H2,(H,22,25). The zero-order valence-corrected chi connectivity index (χ0v) is 14.1. The van der Waals surface area contributed by atoms with E-state index < -0.39 is 17.8 Å². The van der Waals surface area contributed by atoms with Crippen LogP contribution in [0, 0.1) is 5.82 Å². The fourth-order valence-electron chi connectivity index (χ4n) is 2.83. The quantitative estimate of drug-likeness (QED) is 0.769. The molecule has 0 radical (unpaired) electrons. The van der Waals surface area contributed by atoms with Gasteiger partial charge in [0.05, 0.1) is 29.7 Å². The first-order valence-corrected chi connectivity index (χ1v) is 8.28. The zero-order chi connectivity index (χ0) is 18.8. The van der Waals surface area contributed by atoms with Crippen molar-refractivity contribution in [3.05, 3.63) is 72.3 Å². The highest BCUT2D eigenvalue weighted by atomic mass is 19.1. The lowest BCUT2D eigenvalue weighted by atomic mass is 10.2. The molecule has 7 nitrogen and oxygen atoms in total. The number of benzene rings is 2. The first kappa shape index (κ1) is 16.8. The van der Waals surface area contributed by atoms with Gasteiger partial charge in [-0.3, -0.25) is 9.69 Å². The van der Waals surface area contributed by atoms with Crippen LogP contribution >= 0.6 is 0 Å². The monoisotopic (exact) mass is 366 g/mol.